The van der Waals surface area contributed by atoms with Crippen molar-refractivity contribution < 1.29 is 13.9 Å². The van der Waals surface area contributed by atoms with E-state index < -0.39 is 0 Å². The van der Waals surface area contributed by atoms with Crippen LogP contribution in [0, 0.1) is 10.5 Å². The monoisotopic (exact) mass is 560 g/mol. The number of rotatable bonds is 6. The molecule has 1 N–H and O–H groups in total. The number of nitrogens with zero attached hydrogens (tertiary/aromatic N) is 1. The van der Waals surface area contributed by atoms with Crippen molar-refractivity contribution in [3.05, 3.63) is 74.3 Å². The third-order valence-electron chi connectivity index (χ3n) is 4.98. The van der Waals surface area contributed by atoms with Crippen LogP contribution in [-0.4, -0.2) is 17.5 Å². The van der Waals surface area contributed by atoms with Crippen LogP contribution in [-0.2, 0) is 4.79 Å². The van der Waals surface area contributed by atoms with E-state index in [1.165, 1.54) is 0 Å². The first-order valence-corrected chi connectivity index (χ1v) is 11.6. The topological polar surface area (TPSA) is 64.4 Å². The minimum Gasteiger partial charge on any atom is -0.483 e. The lowest BCUT2D eigenvalue weighted by Gasteiger charge is -2.14. The number of fused-ring (bicyclic) bond motifs is 1. The van der Waals surface area contributed by atoms with Gasteiger partial charge < -0.3 is 14.5 Å². The van der Waals surface area contributed by atoms with Crippen LogP contribution < -0.4 is 10.1 Å². The van der Waals surface area contributed by atoms with Gasteiger partial charge in [0.2, 0.25) is 5.89 Å². The van der Waals surface area contributed by atoms with Crippen LogP contribution in [0.15, 0.2) is 59.0 Å². The number of aryl methyl sites for hydroxylation is 1. The molecule has 0 atom stereocenters. The van der Waals surface area contributed by atoms with Gasteiger partial charge in [0.05, 0.1) is 10.6 Å². The highest BCUT2D eigenvalue weighted by Crippen LogP contribution is 2.32. The quantitative estimate of drug-likeness (QED) is 0.253. The predicted octanol–water partition coefficient (Wildman–Crippen LogP) is 7.20. The average Bonchev–Trinajstić information content (AvgIpc) is 3.17. The van der Waals surface area contributed by atoms with Crippen molar-refractivity contribution in [3.8, 4) is 17.2 Å². The van der Waals surface area contributed by atoms with Gasteiger partial charge >= 0.3 is 0 Å². The van der Waals surface area contributed by atoms with Crippen molar-refractivity contribution in [2.24, 2.45) is 0 Å². The summed E-state index contributed by atoms with van der Waals surface area (Å²) in [5.41, 5.74) is 4.76. The maximum atomic E-state index is 12.5. The molecule has 5 nitrogen and oxygen atoms in total. The van der Waals surface area contributed by atoms with E-state index in [2.05, 4.69) is 46.7 Å². The van der Waals surface area contributed by atoms with E-state index in [1.807, 2.05) is 43.3 Å². The van der Waals surface area contributed by atoms with Crippen LogP contribution in [0.25, 0.3) is 22.6 Å². The summed E-state index contributed by atoms with van der Waals surface area (Å²) in [6.07, 6.45) is 0. The molecule has 0 saturated carbocycles. The molecular weight excluding hydrogens is 539 g/mol. The molecule has 0 unspecified atom stereocenters. The van der Waals surface area contributed by atoms with Gasteiger partial charge in [-0.15, -0.1) is 0 Å². The molecule has 7 heteroatoms. The summed E-state index contributed by atoms with van der Waals surface area (Å²) in [4.78, 5) is 17.0. The second-order valence-electron chi connectivity index (χ2n) is 7.86. The van der Waals surface area contributed by atoms with Gasteiger partial charge in [-0.3, -0.25) is 4.79 Å². The van der Waals surface area contributed by atoms with Crippen molar-refractivity contribution in [1.82, 2.24) is 4.98 Å². The Bertz CT molecular complexity index is 1300. The maximum absolute atomic E-state index is 12.5. The fourth-order valence-electron chi connectivity index (χ4n) is 3.37. The second-order valence-corrected chi connectivity index (χ2v) is 9.51. The zero-order chi connectivity index (χ0) is 22.8. The standard InChI is InChI=1S/C25H22ClIN2O3/c1-14(2)18-7-4-15(3)10-23(18)31-13-24(30)28-17-6-9-22-21(12-17)29-25(32-22)19-11-16(27)5-8-20(19)26/h4-12,14H,13H2,1-3H3,(H,28,30). The van der Waals surface area contributed by atoms with E-state index in [9.17, 15) is 4.79 Å². The van der Waals surface area contributed by atoms with Gasteiger partial charge in [-0.25, -0.2) is 4.98 Å². The Labute approximate surface area is 205 Å². The Morgan fingerprint density at radius 1 is 1.16 bits per heavy atom. The zero-order valence-corrected chi connectivity index (χ0v) is 20.8. The molecule has 3 aromatic carbocycles. The Morgan fingerprint density at radius 2 is 1.97 bits per heavy atom. The molecule has 4 rings (SSSR count). The molecule has 0 aliphatic rings. The van der Waals surface area contributed by atoms with Crippen molar-refractivity contribution in [1.29, 1.82) is 0 Å². The van der Waals surface area contributed by atoms with Crippen LogP contribution in [0.3, 0.4) is 0 Å². The zero-order valence-electron chi connectivity index (χ0n) is 17.9. The summed E-state index contributed by atoms with van der Waals surface area (Å²) in [5, 5.41) is 3.43. The number of carbonyl (C=O) groups is 1. The average molecular weight is 561 g/mol. The molecule has 164 valence electrons. The van der Waals surface area contributed by atoms with E-state index in [1.54, 1.807) is 18.2 Å². The normalized spacial score (nSPS) is 11.2. The van der Waals surface area contributed by atoms with Gasteiger partial charge in [-0.05, 0) is 89.0 Å². The summed E-state index contributed by atoms with van der Waals surface area (Å²) in [7, 11) is 0. The van der Waals surface area contributed by atoms with Crippen molar-refractivity contribution >= 4 is 56.9 Å². The lowest BCUT2D eigenvalue weighted by Crippen LogP contribution is -2.20. The summed E-state index contributed by atoms with van der Waals surface area (Å²) < 4.78 is 12.7. The molecular formula is C25H22ClIN2O3. The number of oxazole rings is 1. The number of carbonyl (C=O) groups excluding carboxylic acids is 1. The molecule has 0 spiro atoms. The first-order chi connectivity index (χ1) is 15.3. The Balaban J connectivity index is 1.48. The molecule has 0 aliphatic carbocycles. The predicted molar refractivity (Wildman–Crippen MR) is 137 cm³/mol. The van der Waals surface area contributed by atoms with E-state index >= 15 is 0 Å². The lowest BCUT2D eigenvalue weighted by molar-refractivity contribution is -0.118. The van der Waals surface area contributed by atoms with Gasteiger partial charge in [-0.1, -0.05) is 37.6 Å². The van der Waals surface area contributed by atoms with Crippen LogP contribution in [0.2, 0.25) is 5.02 Å². The highest BCUT2D eigenvalue weighted by atomic mass is 127. The molecule has 0 radical (unpaired) electrons. The number of hydrogen-bond acceptors (Lipinski definition) is 4. The number of halogens is 2. The number of aromatic nitrogens is 1. The Morgan fingerprint density at radius 3 is 2.75 bits per heavy atom. The van der Waals surface area contributed by atoms with E-state index in [0.29, 0.717) is 33.6 Å². The number of amides is 1. The summed E-state index contributed by atoms with van der Waals surface area (Å²) in [6.45, 7) is 6.12. The maximum Gasteiger partial charge on any atom is 0.262 e. The van der Waals surface area contributed by atoms with Gasteiger partial charge in [0.25, 0.3) is 5.91 Å². The number of hydrogen-bond donors (Lipinski definition) is 1. The van der Waals surface area contributed by atoms with Crippen LogP contribution in [0.4, 0.5) is 5.69 Å². The number of anilines is 1. The molecule has 1 aromatic heterocycles. The second kappa shape index (κ2) is 9.50. The Kier molecular flexibility index (Phi) is 6.71. The first kappa shape index (κ1) is 22.6. The molecule has 1 amide bonds. The summed E-state index contributed by atoms with van der Waals surface area (Å²) >= 11 is 8.53. The minimum atomic E-state index is -0.245. The van der Waals surface area contributed by atoms with E-state index in [0.717, 1.165) is 26.0 Å². The van der Waals surface area contributed by atoms with Crippen LogP contribution >= 0.6 is 34.2 Å². The largest absolute Gasteiger partial charge is 0.483 e. The van der Waals surface area contributed by atoms with E-state index in [4.69, 9.17) is 20.8 Å². The van der Waals surface area contributed by atoms with Crippen molar-refractivity contribution in [3.63, 3.8) is 0 Å². The summed E-state index contributed by atoms with van der Waals surface area (Å²) in [5.74, 6) is 1.24. The highest BCUT2D eigenvalue weighted by molar-refractivity contribution is 14.1. The first-order valence-electron chi connectivity index (χ1n) is 10.2. The number of nitrogens with one attached hydrogen (secondary N) is 1. The molecule has 0 bridgehead atoms. The smallest absolute Gasteiger partial charge is 0.262 e. The third-order valence-corrected chi connectivity index (χ3v) is 5.98. The highest BCUT2D eigenvalue weighted by Gasteiger charge is 2.14. The molecule has 0 fully saturated rings. The van der Waals surface area contributed by atoms with Crippen molar-refractivity contribution in [2.45, 2.75) is 26.7 Å². The van der Waals surface area contributed by atoms with Gasteiger partial charge in [-0.2, -0.15) is 0 Å². The Hall–Kier alpha value is -2.58. The van der Waals surface area contributed by atoms with E-state index in [-0.39, 0.29) is 12.5 Å². The van der Waals surface area contributed by atoms with Gasteiger partial charge in [0.15, 0.2) is 12.2 Å². The number of benzene rings is 3. The van der Waals surface area contributed by atoms with Crippen LogP contribution in [0.5, 0.6) is 5.75 Å². The molecule has 0 saturated heterocycles. The molecule has 4 aromatic rings. The van der Waals surface area contributed by atoms with Crippen molar-refractivity contribution in [2.75, 3.05) is 11.9 Å². The lowest BCUT2D eigenvalue weighted by atomic mass is 10.0. The molecule has 0 aliphatic heterocycles. The fourth-order valence-corrected chi connectivity index (χ4v) is 4.06. The minimum absolute atomic E-state index is 0.0800. The molecule has 32 heavy (non-hydrogen) atoms. The third kappa shape index (κ3) is 5.07. The SMILES string of the molecule is Cc1ccc(C(C)C)c(OCC(=O)Nc2ccc3oc(-c4cc(I)ccc4Cl)nc3c2)c1. The molecule has 1 heterocycles. The van der Waals surface area contributed by atoms with Gasteiger partial charge in [0, 0.05) is 9.26 Å². The number of ether oxygens (including phenoxy) is 1. The van der Waals surface area contributed by atoms with Crippen LogP contribution in [0.1, 0.15) is 30.9 Å². The fraction of sp³-hybridized carbons (Fsp3) is 0.200. The summed E-state index contributed by atoms with van der Waals surface area (Å²) in [6, 6.07) is 17.0. The van der Waals surface area contributed by atoms with Gasteiger partial charge in [0.1, 0.15) is 11.3 Å².